The minimum atomic E-state index is -5.78. The second-order valence-corrected chi connectivity index (χ2v) is 4.56. The van der Waals surface area contributed by atoms with Gasteiger partial charge in [0.15, 0.2) is 0 Å². The van der Waals surface area contributed by atoms with Crippen LogP contribution in [0.4, 0.5) is 17.6 Å². The van der Waals surface area contributed by atoms with Gasteiger partial charge in [-0.1, -0.05) is 6.07 Å². The van der Waals surface area contributed by atoms with E-state index < -0.39 is 32.8 Å². The van der Waals surface area contributed by atoms with Crippen LogP contribution in [-0.2, 0) is 10.0 Å². The van der Waals surface area contributed by atoms with Crippen molar-refractivity contribution in [2.45, 2.75) is 5.51 Å². The van der Waals surface area contributed by atoms with Gasteiger partial charge in [-0.3, -0.25) is 4.79 Å². The van der Waals surface area contributed by atoms with Crippen molar-refractivity contribution in [2.24, 2.45) is 0 Å². The zero-order valence-corrected chi connectivity index (χ0v) is 8.77. The Bertz CT molecular complexity index is 538. The molecule has 0 unspecified atom stereocenters. The van der Waals surface area contributed by atoms with Crippen LogP contribution in [0.15, 0.2) is 24.3 Å². The molecule has 1 aromatic rings. The lowest BCUT2D eigenvalue weighted by molar-refractivity contribution is -0.0446. The number of alkyl halides is 3. The summed E-state index contributed by atoms with van der Waals surface area (Å²) in [5.41, 5.74) is -6.13. The number of sulfonamides is 1. The Morgan fingerprint density at radius 1 is 1.24 bits per heavy atom. The van der Waals surface area contributed by atoms with Gasteiger partial charge in [-0.05, 0) is 18.2 Å². The Balaban J connectivity index is 2.96. The van der Waals surface area contributed by atoms with Gasteiger partial charge in [0.1, 0.15) is 5.82 Å². The molecular formula is C8H5F4NO3S. The highest BCUT2D eigenvalue weighted by Gasteiger charge is 2.47. The zero-order chi connectivity index (χ0) is 13.3. The van der Waals surface area contributed by atoms with E-state index in [1.807, 2.05) is 0 Å². The summed E-state index contributed by atoms with van der Waals surface area (Å²) in [6, 6.07) is 3.60. The summed E-state index contributed by atoms with van der Waals surface area (Å²) in [6.45, 7) is 0. The van der Waals surface area contributed by atoms with Crippen molar-refractivity contribution in [3.8, 4) is 0 Å². The van der Waals surface area contributed by atoms with Crippen molar-refractivity contribution < 1.29 is 30.8 Å². The van der Waals surface area contributed by atoms with E-state index in [0.717, 1.165) is 22.9 Å². The number of hydrogen-bond donors (Lipinski definition) is 1. The van der Waals surface area contributed by atoms with Crippen LogP contribution in [0.1, 0.15) is 10.4 Å². The maximum Gasteiger partial charge on any atom is 0.516 e. The van der Waals surface area contributed by atoms with Gasteiger partial charge in [0.25, 0.3) is 5.91 Å². The highest BCUT2D eigenvalue weighted by molar-refractivity contribution is 7.90. The van der Waals surface area contributed by atoms with E-state index in [4.69, 9.17) is 0 Å². The number of carbonyl (C=O) groups is 1. The molecule has 0 bridgehead atoms. The van der Waals surface area contributed by atoms with E-state index in [-0.39, 0.29) is 0 Å². The van der Waals surface area contributed by atoms with Crippen molar-refractivity contribution in [2.75, 3.05) is 0 Å². The molecule has 0 aliphatic rings. The molecule has 0 fully saturated rings. The van der Waals surface area contributed by atoms with Crippen LogP contribution in [0.25, 0.3) is 0 Å². The molecule has 0 aliphatic carbocycles. The van der Waals surface area contributed by atoms with Gasteiger partial charge in [0.2, 0.25) is 0 Å². The number of rotatable bonds is 2. The average Bonchev–Trinajstić information content (AvgIpc) is 2.15. The molecule has 17 heavy (non-hydrogen) atoms. The standard InChI is InChI=1S/C8H5F4NO3S/c9-6-3-1-2-5(4-6)7(14)13-17(15,16)8(10,11)12/h1-4H,(H,13,14). The number of hydrogen-bond acceptors (Lipinski definition) is 3. The normalized spacial score (nSPS) is 12.2. The first-order valence-electron chi connectivity index (χ1n) is 4.02. The van der Waals surface area contributed by atoms with Gasteiger partial charge < -0.3 is 0 Å². The second-order valence-electron chi connectivity index (χ2n) is 2.89. The van der Waals surface area contributed by atoms with Crippen LogP contribution in [-0.4, -0.2) is 19.8 Å². The first kappa shape index (κ1) is 13.4. The molecule has 0 aliphatic heterocycles. The highest BCUT2D eigenvalue weighted by Crippen LogP contribution is 2.21. The van der Waals surface area contributed by atoms with E-state index in [9.17, 15) is 30.8 Å². The first-order valence-corrected chi connectivity index (χ1v) is 5.51. The van der Waals surface area contributed by atoms with Gasteiger partial charge in [0.05, 0.1) is 0 Å². The molecule has 94 valence electrons. The molecule has 1 rings (SSSR count). The Labute approximate surface area is 93.3 Å². The van der Waals surface area contributed by atoms with Crippen LogP contribution in [0.3, 0.4) is 0 Å². The van der Waals surface area contributed by atoms with Gasteiger partial charge in [-0.2, -0.15) is 21.6 Å². The minimum Gasteiger partial charge on any atom is -0.268 e. The smallest absolute Gasteiger partial charge is 0.268 e. The molecule has 1 amide bonds. The molecule has 0 saturated heterocycles. The van der Waals surface area contributed by atoms with Crippen molar-refractivity contribution in [1.82, 2.24) is 4.72 Å². The van der Waals surface area contributed by atoms with Crippen molar-refractivity contribution >= 4 is 15.9 Å². The SMILES string of the molecule is O=C(NS(=O)(=O)C(F)(F)F)c1cccc(F)c1. The summed E-state index contributed by atoms with van der Waals surface area (Å²) < 4.78 is 70.3. The van der Waals surface area contributed by atoms with Crippen molar-refractivity contribution in [1.29, 1.82) is 0 Å². The number of nitrogens with one attached hydrogen (secondary N) is 1. The Kier molecular flexibility index (Phi) is 3.41. The highest BCUT2D eigenvalue weighted by atomic mass is 32.2. The molecule has 1 aromatic carbocycles. The summed E-state index contributed by atoms with van der Waals surface area (Å²) in [5.74, 6) is -2.43. The van der Waals surface area contributed by atoms with Crippen molar-refractivity contribution in [3.63, 3.8) is 0 Å². The second kappa shape index (κ2) is 4.32. The average molecular weight is 271 g/mol. The topological polar surface area (TPSA) is 63.2 Å². The fourth-order valence-corrected chi connectivity index (χ4v) is 1.35. The molecule has 0 saturated carbocycles. The quantitative estimate of drug-likeness (QED) is 0.827. The van der Waals surface area contributed by atoms with Gasteiger partial charge in [-0.25, -0.2) is 9.11 Å². The predicted molar refractivity (Wildman–Crippen MR) is 48.8 cm³/mol. The van der Waals surface area contributed by atoms with E-state index in [2.05, 4.69) is 0 Å². The van der Waals surface area contributed by atoms with Crippen LogP contribution in [0.2, 0.25) is 0 Å². The summed E-state index contributed by atoms with van der Waals surface area (Å²) >= 11 is 0. The molecule has 1 N–H and O–H groups in total. The minimum absolute atomic E-state index is 0.530. The molecule has 0 radical (unpaired) electrons. The number of benzene rings is 1. The summed E-state index contributed by atoms with van der Waals surface area (Å²) in [4.78, 5) is 11.1. The number of halogens is 4. The Morgan fingerprint density at radius 3 is 2.29 bits per heavy atom. The van der Waals surface area contributed by atoms with Crippen molar-refractivity contribution in [3.05, 3.63) is 35.6 Å². The fraction of sp³-hybridized carbons (Fsp3) is 0.125. The van der Waals surface area contributed by atoms with E-state index >= 15 is 0 Å². The van der Waals surface area contributed by atoms with Gasteiger partial charge in [0, 0.05) is 5.56 Å². The molecule has 0 spiro atoms. The largest absolute Gasteiger partial charge is 0.516 e. The maximum atomic E-state index is 12.6. The summed E-state index contributed by atoms with van der Waals surface area (Å²) in [5, 5.41) is 0. The molecule has 0 heterocycles. The van der Waals surface area contributed by atoms with Gasteiger partial charge in [-0.15, -0.1) is 0 Å². The van der Waals surface area contributed by atoms with E-state index in [1.54, 1.807) is 0 Å². The monoisotopic (exact) mass is 271 g/mol. The third kappa shape index (κ3) is 3.16. The Hall–Kier alpha value is -1.64. The van der Waals surface area contributed by atoms with Crippen LogP contribution >= 0.6 is 0 Å². The van der Waals surface area contributed by atoms with Crippen LogP contribution < -0.4 is 4.72 Å². The van der Waals surface area contributed by atoms with Crippen LogP contribution in [0.5, 0.6) is 0 Å². The third-order valence-corrected chi connectivity index (χ3v) is 2.68. The molecular weight excluding hydrogens is 266 g/mol. The molecule has 0 atom stereocenters. The number of carbonyl (C=O) groups excluding carboxylic acids is 1. The third-order valence-electron chi connectivity index (χ3n) is 1.62. The fourth-order valence-electron chi connectivity index (χ4n) is 0.869. The zero-order valence-electron chi connectivity index (χ0n) is 7.95. The summed E-state index contributed by atoms with van der Waals surface area (Å²) in [6.07, 6.45) is 0. The predicted octanol–water partition coefficient (Wildman–Crippen LogP) is 1.41. The van der Waals surface area contributed by atoms with Gasteiger partial charge >= 0.3 is 15.5 Å². The lowest BCUT2D eigenvalue weighted by atomic mass is 10.2. The molecule has 4 nitrogen and oxygen atoms in total. The first-order chi connectivity index (χ1) is 7.63. The van der Waals surface area contributed by atoms with E-state index in [1.165, 1.54) is 0 Å². The number of amides is 1. The lowest BCUT2D eigenvalue weighted by Gasteiger charge is -2.09. The lowest BCUT2D eigenvalue weighted by Crippen LogP contribution is -2.40. The molecule has 0 aromatic heterocycles. The summed E-state index contributed by atoms with van der Waals surface area (Å²) in [7, 11) is -5.78. The molecule has 9 heteroatoms. The van der Waals surface area contributed by atoms with E-state index in [0.29, 0.717) is 6.07 Å². The maximum absolute atomic E-state index is 12.6. The Morgan fingerprint density at radius 2 is 1.82 bits per heavy atom. The van der Waals surface area contributed by atoms with Crippen LogP contribution in [0, 0.1) is 5.82 Å².